The normalized spacial score (nSPS) is 13.0. The molecule has 0 saturated carbocycles. The lowest BCUT2D eigenvalue weighted by Gasteiger charge is -2.18. The molecule has 3 N–H and O–H groups in total. The van der Waals surface area contributed by atoms with Crippen LogP contribution < -0.4 is 16.0 Å². The molecule has 0 aliphatic heterocycles. The van der Waals surface area contributed by atoms with Crippen molar-refractivity contribution in [1.82, 2.24) is 16.0 Å². The number of hydrogen-bond acceptors (Lipinski definition) is 3. The van der Waals surface area contributed by atoms with E-state index in [1.807, 2.05) is 6.07 Å². The van der Waals surface area contributed by atoms with Crippen LogP contribution in [-0.4, -0.2) is 31.5 Å². The Morgan fingerprint density at radius 3 is 2.64 bits per heavy atom. The van der Waals surface area contributed by atoms with E-state index in [9.17, 15) is 4.79 Å². The number of rotatable bonds is 8. The Labute approximate surface area is 132 Å². The van der Waals surface area contributed by atoms with E-state index < -0.39 is 0 Å². The molecule has 0 bridgehead atoms. The van der Waals surface area contributed by atoms with Crippen molar-refractivity contribution in [3.63, 3.8) is 0 Å². The molecule has 1 unspecified atom stereocenters. The second-order valence-electron chi connectivity index (χ2n) is 5.80. The van der Waals surface area contributed by atoms with Crippen LogP contribution in [0, 0.1) is 5.92 Å². The van der Waals surface area contributed by atoms with E-state index in [0.29, 0.717) is 24.5 Å². The van der Waals surface area contributed by atoms with Crippen LogP contribution in [0.1, 0.15) is 39.4 Å². The van der Waals surface area contributed by atoms with Crippen LogP contribution in [0.5, 0.6) is 0 Å². The highest BCUT2D eigenvalue weighted by atomic mass is 16.3. The summed E-state index contributed by atoms with van der Waals surface area (Å²) < 4.78 is 5.16. The fourth-order valence-corrected chi connectivity index (χ4v) is 1.91. The maximum absolute atomic E-state index is 11.8. The molecule has 1 heterocycles. The number of carbonyl (C=O) groups excluding carboxylic acids is 1. The lowest BCUT2D eigenvalue weighted by Crippen LogP contribution is -2.46. The van der Waals surface area contributed by atoms with Gasteiger partial charge in [-0.25, -0.2) is 0 Å². The van der Waals surface area contributed by atoms with Gasteiger partial charge < -0.3 is 20.4 Å². The minimum atomic E-state index is -0.103. The van der Waals surface area contributed by atoms with Crippen molar-refractivity contribution in [3.8, 4) is 0 Å². The first-order chi connectivity index (χ1) is 10.5. The molecule has 1 atom stereocenters. The summed E-state index contributed by atoms with van der Waals surface area (Å²) in [5.41, 5.74) is 0. The average molecular weight is 308 g/mol. The van der Waals surface area contributed by atoms with Crippen LogP contribution in [0.15, 0.2) is 27.8 Å². The molecule has 0 aliphatic rings. The lowest BCUT2D eigenvalue weighted by atomic mass is 10.0. The van der Waals surface area contributed by atoms with Crippen molar-refractivity contribution in [3.05, 3.63) is 24.2 Å². The van der Waals surface area contributed by atoms with Crippen LogP contribution in [0.3, 0.4) is 0 Å². The van der Waals surface area contributed by atoms with Gasteiger partial charge in [-0.05, 0) is 37.8 Å². The number of carbonyl (C=O) groups is 1. The Bertz CT molecular complexity index is 455. The summed E-state index contributed by atoms with van der Waals surface area (Å²) in [6.45, 7) is 7.11. The first-order valence-electron chi connectivity index (χ1n) is 7.77. The third-order valence-corrected chi connectivity index (χ3v) is 3.24. The van der Waals surface area contributed by atoms with E-state index in [-0.39, 0.29) is 12.5 Å². The van der Waals surface area contributed by atoms with Crippen molar-refractivity contribution in [2.24, 2.45) is 10.9 Å². The Balaban J connectivity index is 2.23. The van der Waals surface area contributed by atoms with E-state index in [2.05, 4.69) is 41.7 Å². The van der Waals surface area contributed by atoms with E-state index in [0.717, 1.165) is 18.6 Å². The quantitative estimate of drug-likeness (QED) is 0.506. The Hall–Kier alpha value is -1.98. The zero-order valence-corrected chi connectivity index (χ0v) is 14.0. The summed E-state index contributed by atoms with van der Waals surface area (Å²) in [4.78, 5) is 15.9. The summed E-state index contributed by atoms with van der Waals surface area (Å²) >= 11 is 0. The molecule has 0 fully saturated rings. The molecule has 0 aromatic carbocycles. The maximum Gasteiger partial charge on any atom is 0.239 e. The van der Waals surface area contributed by atoms with Gasteiger partial charge >= 0.3 is 0 Å². The molecule has 0 saturated heterocycles. The number of amides is 1. The Morgan fingerprint density at radius 1 is 1.27 bits per heavy atom. The third-order valence-electron chi connectivity index (χ3n) is 3.24. The molecule has 1 amide bonds. The molecule has 1 rings (SSSR count). The number of hydrogen-bond donors (Lipinski definition) is 3. The summed E-state index contributed by atoms with van der Waals surface area (Å²) in [5.74, 6) is 1.96. The molecule has 0 radical (unpaired) electrons. The predicted molar refractivity (Wildman–Crippen MR) is 88.6 cm³/mol. The molecule has 6 heteroatoms. The maximum atomic E-state index is 11.8. The monoisotopic (exact) mass is 308 g/mol. The van der Waals surface area contributed by atoms with Gasteiger partial charge in [0.15, 0.2) is 5.96 Å². The molecule has 0 aliphatic carbocycles. The van der Waals surface area contributed by atoms with Crippen LogP contribution in [-0.2, 0) is 11.3 Å². The summed E-state index contributed by atoms with van der Waals surface area (Å²) in [6.07, 6.45) is 3.82. The van der Waals surface area contributed by atoms with Crippen LogP contribution in [0.4, 0.5) is 0 Å². The largest absolute Gasteiger partial charge is 0.467 e. The van der Waals surface area contributed by atoms with Crippen molar-refractivity contribution < 1.29 is 9.21 Å². The van der Waals surface area contributed by atoms with E-state index in [1.54, 1.807) is 19.4 Å². The highest BCUT2D eigenvalue weighted by Crippen LogP contribution is 2.06. The first kappa shape index (κ1) is 18.1. The van der Waals surface area contributed by atoms with Gasteiger partial charge in [-0.2, -0.15) is 0 Å². The standard InChI is InChI=1S/C16H28N4O2/c1-12(2)7-8-13(3)20-16(17-4)19-11-15(21)18-10-14-6-5-9-22-14/h5-6,9,12-13H,7-8,10-11H2,1-4H3,(H,18,21)(H2,17,19,20). The van der Waals surface area contributed by atoms with Crippen molar-refractivity contribution in [2.75, 3.05) is 13.6 Å². The van der Waals surface area contributed by atoms with E-state index in [4.69, 9.17) is 4.42 Å². The SMILES string of the molecule is CN=C(NCC(=O)NCc1ccco1)NC(C)CCC(C)C. The highest BCUT2D eigenvalue weighted by Gasteiger charge is 2.08. The number of nitrogens with zero attached hydrogens (tertiary/aromatic N) is 1. The molecule has 1 aromatic rings. The Kier molecular flexibility index (Phi) is 8.10. The van der Waals surface area contributed by atoms with Crippen LogP contribution >= 0.6 is 0 Å². The molecule has 1 aromatic heterocycles. The summed E-state index contributed by atoms with van der Waals surface area (Å²) in [6, 6.07) is 3.94. The second-order valence-corrected chi connectivity index (χ2v) is 5.80. The number of nitrogens with one attached hydrogen (secondary N) is 3. The number of guanidine groups is 1. The van der Waals surface area contributed by atoms with Gasteiger partial charge in [0.2, 0.25) is 5.91 Å². The van der Waals surface area contributed by atoms with Gasteiger partial charge in [-0.3, -0.25) is 9.79 Å². The van der Waals surface area contributed by atoms with Crippen molar-refractivity contribution in [1.29, 1.82) is 0 Å². The van der Waals surface area contributed by atoms with Gasteiger partial charge in [0.25, 0.3) is 0 Å². The zero-order chi connectivity index (χ0) is 16.4. The van der Waals surface area contributed by atoms with Gasteiger partial charge in [0.1, 0.15) is 5.76 Å². The third kappa shape index (κ3) is 7.71. The summed E-state index contributed by atoms with van der Waals surface area (Å²) in [5, 5.41) is 9.08. The molecule has 6 nitrogen and oxygen atoms in total. The van der Waals surface area contributed by atoms with Crippen LogP contribution in [0.2, 0.25) is 0 Å². The van der Waals surface area contributed by atoms with Gasteiger partial charge in [0.05, 0.1) is 19.4 Å². The number of furan rings is 1. The Morgan fingerprint density at radius 2 is 2.05 bits per heavy atom. The van der Waals surface area contributed by atoms with Crippen molar-refractivity contribution in [2.45, 2.75) is 46.2 Å². The smallest absolute Gasteiger partial charge is 0.239 e. The van der Waals surface area contributed by atoms with Gasteiger partial charge in [-0.15, -0.1) is 0 Å². The van der Waals surface area contributed by atoms with E-state index >= 15 is 0 Å². The highest BCUT2D eigenvalue weighted by molar-refractivity contribution is 5.86. The van der Waals surface area contributed by atoms with Crippen molar-refractivity contribution >= 4 is 11.9 Å². The fourth-order valence-electron chi connectivity index (χ4n) is 1.91. The fraction of sp³-hybridized carbons (Fsp3) is 0.625. The average Bonchev–Trinajstić information content (AvgIpc) is 3.00. The molecular formula is C16H28N4O2. The number of aliphatic imine (C=N–C) groups is 1. The van der Waals surface area contributed by atoms with Crippen LogP contribution in [0.25, 0.3) is 0 Å². The predicted octanol–water partition coefficient (Wildman–Crippen LogP) is 1.89. The first-order valence-corrected chi connectivity index (χ1v) is 7.77. The lowest BCUT2D eigenvalue weighted by molar-refractivity contribution is -0.120. The topological polar surface area (TPSA) is 78.7 Å². The van der Waals surface area contributed by atoms with Gasteiger partial charge in [0, 0.05) is 13.1 Å². The molecule has 124 valence electrons. The molecular weight excluding hydrogens is 280 g/mol. The second kappa shape index (κ2) is 9.87. The zero-order valence-electron chi connectivity index (χ0n) is 14.0. The minimum Gasteiger partial charge on any atom is -0.467 e. The molecule has 0 spiro atoms. The van der Waals surface area contributed by atoms with E-state index in [1.165, 1.54) is 0 Å². The minimum absolute atomic E-state index is 0.103. The van der Waals surface area contributed by atoms with Gasteiger partial charge in [-0.1, -0.05) is 13.8 Å². The molecule has 22 heavy (non-hydrogen) atoms. The summed E-state index contributed by atoms with van der Waals surface area (Å²) in [7, 11) is 1.70.